The summed E-state index contributed by atoms with van der Waals surface area (Å²) in [5.41, 5.74) is 3.72. The van der Waals surface area contributed by atoms with E-state index in [4.69, 9.17) is 5.26 Å². The monoisotopic (exact) mass is 351 g/mol. The molecule has 26 heavy (non-hydrogen) atoms. The minimum atomic E-state index is -0.968. The number of hydrogen-bond acceptors (Lipinski definition) is 6. The lowest BCUT2D eigenvalue weighted by Crippen LogP contribution is -2.32. The second-order valence-corrected chi connectivity index (χ2v) is 5.03. The minimum absolute atomic E-state index is 0.0636. The van der Waals surface area contributed by atoms with Gasteiger partial charge in [0.25, 0.3) is 5.69 Å². The molecule has 0 bridgehead atoms. The molecule has 9 nitrogen and oxygen atoms in total. The van der Waals surface area contributed by atoms with Crippen molar-refractivity contribution in [1.82, 2.24) is 5.43 Å². The van der Waals surface area contributed by atoms with Gasteiger partial charge in [-0.05, 0) is 35.4 Å². The van der Waals surface area contributed by atoms with Crippen LogP contribution in [-0.2, 0) is 16.0 Å². The lowest BCUT2D eigenvalue weighted by atomic mass is 10.1. The zero-order valence-corrected chi connectivity index (χ0v) is 13.4. The number of benzene rings is 2. The molecule has 2 aromatic carbocycles. The molecule has 2 aromatic rings. The second kappa shape index (κ2) is 8.70. The molecule has 0 aliphatic heterocycles. The number of anilines is 1. The van der Waals surface area contributed by atoms with Crippen LogP contribution < -0.4 is 10.7 Å². The predicted molar refractivity (Wildman–Crippen MR) is 93.2 cm³/mol. The number of carbonyl (C=O) groups is 2. The first-order valence-corrected chi connectivity index (χ1v) is 7.34. The van der Waals surface area contributed by atoms with Gasteiger partial charge in [-0.1, -0.05) is 12.1 Å². The van der Waals surface area contributed by atoms with Gasteiger partial charge < -0.3 is 5.32 Å². The fourth-order valence-electron chi connectivity index (χ4n) is 1.88. The molecule has 0 saturated heterocycles. The van der Waals surface area contributed by atoms with Crippen LogP contribution in [0.15, 0.2) is 53.6 Å². The zero-order valence-electron chi connectivity index (χ0n) is 13.4. The average Bonchev–Trinajstić information content (AvgIpc) is 2.64. The van der Waals surface area contributed by atoms with Gasteiger partial charge in [-0.3, -0.25) is 19.7 Å². The maximum atomic E-state index is 11.8. The number of nitriles is 1. The van der Waals surface area contributed by atoms with Crippen LogP contribution in [-0.4, -0.2) is 23.0 Å². The van der Waals surface area contributed by atoms with Crippen LogP contribution in [0.5, 0.6) is 0 Å². The second-order valence-electron chi connectivity index (χ2n) is 5.03. The van der Waals surface area contributed by atoms with Gasteiger partial charge in [-0.2, -0.15) is 10.4 Å². The van der Waals surface area contributed by atoms with E-state index in [2.05, 4.69) is 15.8 Å². The SMILES string of the molecule is N#CCc1ccc(NC(=O)C(=O)N/N=C/c2ccc([N+](=O)[O-])cc2)cc1. The molecular weight excluding hydrogens is 338 g/mol. The maximum Gasteiger partial charge on any atom is 0.329 e. The van der Waals surface area contributed by atoms with E-state index in [1.54, 1.807) is 24.3 Å². The Morgan fingerprint density at radius 2 is 1.77 bits per heavy atom. The van der Waals surface area contributed by atoms with E-state index in [9.17, 15) is 19.7 Å². The van der Waals surface area contributed by atoms with E-state index in [0.717, 1.165) is 5.56 Å². The van der Waals surface area contributed by atoms with E-state index in [1.807, 2.05) is 6.07 Å². The number of nitrogens with zero attached hydrogens (tertiary/aromatic N) is 3. The van der Waals surface area contributed by atoms with Crippen molar-refractivity contribution in [2.45, 2.75) is 6.42 Å². The topological polar surface area (TPSA) is 137 Å². The largest absolute Gasteiger partial charge is 0.329 e. The van der Waals surface area contributed by atoms with Crippen molar-refractivity contribution in [1.29, 1.82) is 5.26 Å². The number of hydrogen-bond donors (Lipinski definition) is 2. The Morgan fingerprint density at radius 1 is 1.12 bits per heavy atom. The Morgan fingerprint density at radius 3 is 2.35 bits per heavy atom. The average molecular weight is 351 g/mol. The van der Waals surface area contributed by atoms with Gasteiger partial charge in [-0.15, -0.1) is 0 Å². The first kappa shape index (κ1) is 18.3. The Bertz CT molecular complexity index is 883. The molecule has 130 valence electrons. The Hall–Kier alpha value is -4.06. The summed E-state index contributed by atoms with van der Waals surface area (Å²) in [5, 5.41) is 25.2. The number of amides is 2. The van der Waals surface area contributed by atoms with Gasteiger partial charge in [0.15, 0.2) is 0 Å². The van der Waals surface area contributed by atoms with Crippen LogP contribution >= 0.6 is 0 Å². The van der Waals surface area contributed by atoms with Crippen molar-refractivity contribution in [3.8, 4) is 6.07 Å². The number of rotatable bonds is 5. The van der Waals surface area contributed by atoms with Crippen molar-refractivity contribution in [3.05, 3.63) is 69.8 Å². The molecule has 2 amide bonds. The lowest BCUT2D eigenvalue weighted by Gasteiger charge is -2.04. The van der Waals surface area contributed by atoms with Crippen LogP contribution in [0.4, 0.5) is 11.4 Å². The number of nitrogens with one attached hydrogen (secondary N) is 2. The summed E-state index contributed by atoms with van der Waals surface area (Å²) in [5.74, 6) is -1.87. The summed E-state index contributed by atoms with van der Waals surface area (Å²) in [6.07, 6.45) is 1.51. The van der Waals surface area contributed by atoms with Crippen LogP contribution in [0.1, 0.15) is 11.1 Å². The van der Waals surface area contributed by atoms with Crippen molar-refractivity contribution in [2.24, 2.45) is 5.10 Å². The van der Waals surface area contributed by atoms with E-state index in [-0.39, 0.29) is 12.1 Å². The van der Waals surface area contributed by atoms with E-state index in [1.165, 1.54) is 30.5 Å². The molecule has 0 saturated carbocycles. The molecule has 0 aromatic heterocycles. The molecule has 0 aliphatic carbocycles. The predicted octanol–water partition coefficient (Wildman–Crippen LogP) is 1.75. The smallest absolute Gasteiger partial charge is 0.318 e. The Labute approximate surface area is 148 Å². The van der Waals surface area contributed by atoms with Crippen LogP contribution in [0.3, 0.4) is 0 Å². The van der Waals surface area contributed by atoms with Gasteiger partial charge >= 0.3 is 11.8 Å². The Balaban J connectivity index is 1.87. The van der Waals surface area contributed by atoms with Gasteiger partial charge in [0, 0.05) is 17.8 Å². The molecule has 2 N–H and O–H groups in total. The van der Waals surface area contributed by atoms with Crippen LogP contribution in [0.2, 0.25) is 0 Å². The zero-order chi connectivity index (χ0) is 18.9. The van der Waals surface area contributed by atoms with Crippen molar-refractivity contribution in [3.63, 3.8) is 0 Å². The molecule has 0 radical (unpaired) electrons. The summed E-state index contributed by atoms with van der Waals surface area (Å²) in [6.45, 7) is 0. The summed E-state index contributed by atoms with van der Waals surface area (Å²) >= 11 is 0. The molecule has 0 unspecified atom stereocenters. The van der Waals surface area contributed by atoms with Gasteiger partial charge in [0.2, 0.25) is 0 Å². The standard InChI is InChI=1S/C17H13N5O4/c18-10-9-12-1-5-14(6-2-12)20-16(23)17(24)21-19-11-13-3-7-15(8-4-13)22(25)26/h1-8,11H,9H2,(H,20,23)(H,21,24)/b19-11+. The maximum absolute atomic E-state index is 11.8. The third-order valence-electron chi connectivity index (χ3n) is 3.18. The quantitative estimate of drug-likeness (QED) is 0.366. The summed E-state index contributed by atoms with van der Waals surface area (Å²) in [7, 11) is 0. The molecule has 0 fully saturated rings. The molecule has 0 spiro atoms. The highest BCUT2D eigenvalue weighted by Crippen LogP contribution is 2.11. The molecule has 0 heterocycles. The van der Waals surface area contributed by atoms with Crippen molar-refractivity contribution < 1.29 is 14.5 Å². The Kier molecular flexibility index (Phi) is 6.12. The fraction of sp³-hybridized carbons (Fsp3) is 0.0588. The minimum Gasteiger partial charge on any atom is -0.318 e. The number of nitro benzene ring substituents is 1. The first-order valence-electron chi connectivity index (χ1n) is 7.34. The van der Waals surface area contributed by atoms with E-state index < -0.39 is 16.7 Å². The van der Waals surface area contributed by atoms with Gasteiger partial charge in [0.05, 0.1) is 23.6 Å². The van der Waals surface area contributed by atoms with Crippen LogP contribution in [0.25, 0.3) is 0 Å². The fourth-order valence-corrected chi connectivity index (χ4v) is 1.88. The lowest BCUT2D eigenvalue weighted by molar-refractivity contribution is -0.384. The van der Waals surface area contributed by atoms with Gasteiger partial charge in [-0.25, -0.2) is 5.43 Å². The highest BCUT2D eigenvalue weighted by Gasteiger charge is 2.12. The summed E-state index contributed by atoms with van der Waals surface area (Å²) in [4.78, 5) is 33.5. The molecular formula is C17H13N5O4. The van der Waals surface area contributed by atoms with Crippen LogP contribution in [0, 0.1) is 21.4 Å². The highest BCUT2D eigenvalue weighted by molar-refractivity contribution is 6.39. The van der Waals surface area contributed by atoms with E-state index >= 15 is 0 Å². The third-order valence-corrected chi connectivity index (χ3v) is 3.18. The van der Waals surface area contributed by atoms with Crippen molar-refractivity contribution in [2.75, 3.05) is 5.32 Å². The summed E-state index contributed by atoms with van der Waals surface area (Å²) < 4.78 is 0. The number of hydrazone groups is 1. The number of non-ortho nitro benzene ring substituents is 1. The van der Waals surface area contributed by atoms with E-state index in [0.29, 0.717) is 11.3 Å². The normalized spacial score (nSPS) is 10.1. The number of carbonyl (C=O) groups excluding carboxylic acids is 2. The molecule has 9 heteroatoms. The first-order chi connectivity index (χ1) is 12.5. The summed E-state index contributed by atoms with van der Waals surface area (Å²) in [6, 6.07) is 14.0. The third kappa shape index (κ3) is 5.24. The number of nitro groups is 1. The molecule has 2 rings (SSSR count). The van der Waals surface area contributed by atoms with Crippen molar-refractivity contribution >= 4 is 29.4 Å². The van der Waals surface area contributed by atoms with Gasteiger partial charge in [0.1, 0.15) is 0 Å². The highest BCUT2D eigenvalue weighted by atomic mass is 16.6. The molecule has 0 aliphatic rings. The molecule has 0 atom stereocenters.